The fraction of sp³-hybridized carbons (Fsp3) is 0.467. The van der Waals surface area contributed by atoms with E-state index in [4.69, 9.17) is 9.47 Å². The van der Waals surface area contributed by atoms with Gasteiger partial charge in [0.1, 0.15) is 5.65 Å². The van der Waals surface area contributed by atoms with Gasteiger partial charge in [0.15, 0.2) is 5.69 Å². The quantitative estimate of drug-likeness (QED) is 0.806. The van der Waals surface area contributed by atoms with E-state index in [2.05, 4.69) is 16.8 Å². The van der Waals surface area contributed by atoms with Crippen molar-refractivity contribution < 1.29 is 14.3 Å². The fourth-order valence-corrected chi connectivity index (χ4v) is 2.58. The molecule has 1 aliphatic heterocycles. The first-order chi connectivity index (χ1) is 10.2. The molecule has 112 valence electrons. The predicted octanol–water partition coefficient (Wildman–Crippen LogP) is 1.74. The highest BCUT2D eigenvalue weighted by Gasteiger charge is 2.18. The Labute approximate surface area is 123 Å². The number of hydrogen-bond acceptors (Lipinski definition) is 5. The van der Waals surface area contributed by atoms with E-state index in [0.29, 0.717) is 12.3 Å². The van der Waals surface area contributed by atoms with Crippen molar-refractivity contribution in [3.63, 3.8) is 0 Å². The number of morpholine rings is 1. The summed E-state index contributed by atoms with van der Waals surface area (Å²) < 4.78 is 12.3. The van der Waals surface area contributed by atoms with Crippen molar-refractivity contribution in [1.82, 2.24) is 9.38 Å². The van der Waals surface area contributed by atoms with Crippen molar-refractivity contribution in [3.05, 3.63) is 30.2 Å². The van der Waals surface area contributed by atoms with E-state index in [0.717, 1.165) is 31.0 Å². The van der Waals surface area contributed by atoms with Gasteiger partial charge in [0.2, 0.25) is 0 Å². The van der Waals surface area contributed by atoms with E-state index in [9.17, 15) is 4.79 Å². The highest BCUT2D eigenvalue weighted by molar-refractivity contribution is 5.88. The van der Waals surface area contributed by atoms with Gasteiger partial charge in [-0.05, 0) is 19.9 Å². The molecule has 1 atom stereocenters. The number of ether oxygens (including phenoxy) is 2. The number of anilines is 1. The standard InChI is InChI=1S/C15H19N3O3/c1-3-20-15(19)13-9-16-14-8-12(4-5-18(13)14)17-6-7-21-11(2)10-17/h4-5,8-9,11H,3,6-7,10H2,1-2H3/t11-/m0/s1. The third-order valence-corrected chi connectivity index (χ3v) is 3.59. The zero-order valence-corrected chi connectivity index (χ0v) is 12.3. The molecule has 0 saturated carbocycles. The lowest BCUT2D eigenvalue weighted by Gasteiger charge is -2.32. The van der Waals surface area contributed by atoms with E-state index in [-0.39, 0.29) is 12.1 Å². The van der Waals surface area contributed by atoms with Gasteiger partial charge < -0.3 is 14.4 Å². The van der Waals surface area contributed by atoms with Crippen LogP contribution in [-0.4, -0.2) is 47.8 Å². The Morgan fingerprint density at radius 1 is 1.57 bits per heavy atom. The van der Waals surface area contributed by atoms with Gasteiger partial charge in [-0.25, -0.2) is 9.78 Å². The maximum atomic E-state index is 11.8. The van der Waals surface area contributed by atoms with E-state index in [1.165, 1.54) is 0 Å². The Hall–Kier alpha value is -2.08. The smallest absolute Gasteiger partial charge is 0.356 e. The van der Waals surface area contributed by atoms with E-state index >= 15 is 0 Å². The summed E-state index contributed by atoms with van der Waals surface area (Å²) in [4.78, 5) is 18.4. The summed E-state index contributed by atoms with van der Waals surface area (Å²) in [7, 11) is 0. The highest BCUT2D eigenvalue weighted by Crippen LogP contribution is 2.20. The minimum Gasteiger partial charge on any atom is -0.461 e. The molecule has 1 fully saturated rings. The molecule has 1 saturated heterocycles. The van der Waals surface area contributed by atoms with Gasteiger partial charge in [-0.1, -0.05) is 0 Å². The average molecular weight is 289 g/mol. The number of fused-ring (bicyclic) bond motifs is 1. The molecule has 6 nitrogen and oxygen atoms in total. The maximum Gasteiger partial charge on any atom is 0.356 e. The van der Waals surface area contributed by atoms with E-state index in [1.807, 2.05) is 18.3 Å². The molecule has 3 rings (SSSR count). The lowest BCUT2D eigenvalue weighted by molar-refractivity contribution is 0.0518. The zero-order valence-electron chi connectivity index (χ0n) is 12.3. The number of esters is 1. The normalized spacial score (nSPS) is 19.0. The van der Waals surface area contributed by atoms with Crippen LogP contribution in [0.4, 0.5) is 5.69 Å². The predicted molar refractivity (Wildman–Crippen MR) is 78.8 cm³/mol. The van der Waals surface area contributed by atoms with Crippen molar-refractivity contribution in [3.8, 4) is 0 Å². The summed E-state index contributed by atoms with van der Waals surface area (Å²) in [6, 6.07) is 3.98. The number of rotatable bonds is 3. The van der Waals surface area contributed by atoms with Crippen molar-refractivity contribution >= 4 is 17.3 Å². The van der Waals surface area contributed by atoms with Crippen LogP contribution in [0.2, 0.25) is 0 Å². The molecule has 0 amide bonds. The SMILES string of the molecule is CCOC(=O)c1cnc2cc(N3CCO[C@@H](C)C3)ccn12. The molecular weight excluding hydrogens is 270 g/mol. The van der Waals surface area contributed by atoms with Gasteiger partial charge in [-0.2, -0.15) is 0 Å². The molecule has 0 spiro atoms. The molecule has 2 aromatic rings. The van der Waals surface area contributed by atoms with Crippen LogP contribution >= 0.6 is 0 Å². The molecule has 21 heavy (non-hydrogen) atoms. The third-order valence-electron chi connectivity index (χ3n) is 3.59. The van der Waals surface area contributed by atoms with Gasteiger partial charge >= 0.3 is 5.97 Å². The Morgan fingerprint density at radius 3 is 3.19 bits per heavy atom. The molecule has 0 N–H and O–H groups in total. The van der Waals surface area contributed by atoms with Crippen molar-refractivity contribution in [2.75, 3.05) is 31.2 Å². The second-order valence-electron chi connectivity index (χ2n) is 5.10. The average Bonchev–Trinajstić information content (AvgIpc) is 2.90. The van der Waals surface area contributed by atoms with Crippen LogP contribution in [0.15, 0.2) is 24.5 Å². The Bertz CT molecular complexity index is 653. The van der Waals surface area contributed by atoms with Crippen LogP contribution in [-0.2, 0) is 9.47 Å². The first kappa shape index (κ1) is 13.9. The Balaban J connectivity index is 1.89. The van der Waals surface area contributed by atoms with Gasteiger partial charge in [0.05, 0.1) is 25.5 Å². The first-order valence-electron chi connectivity index (χ1n) is 7.20. The molecule has 1 aliphatic rings. The van der Waals surface area contributed by atoms with Gasteiger partial charge in [0.25, 0.3) is 0 Å². The molecule has 6 heteroatoms. The van der Waals surface area contributed by atoms with Crippen LogP contribution in [0.1, 0.15) is 24.3 Å². The van der Waals surface area contributed by atoms with Crippen LogP contribution in [0.3, 0.4) is 0 Å². The summed E-state index contributed by atoms with van der Waals surface area (Å²) in [5.41, 5.74) is 2.29. The summed E-state index contributed by atoms with van der Waals surface area (Å²) >= 11 is 0. The molecular formula is C15H19N3O3. The van der Waals surface area contributed by atoms with Crippen molar-refractivity contribution in [1.29, 1.82) is 0 Å². The minimum atomic E-state index is -0.349. The molecule has 0 aromatic carbocycles. The summed E-state index contributed by atoms with van der Waals surface area (Å²) in [5.74, 6) is -0.349. The number of nitrogens with zero attached hydrogens (tertiary/aromatic N) is 3. The lowest BCUT2D eigenvalue weighted by Crippen LogP contribution is -2.41. The second-order valence-corrected chi connectivity index (χ2v) is 5.10. The highest BCUT2D eigenvalue weighted by atomic mass is 16.5. The number of aromatic nitrogens is 2. The lowest BCUT2D eigenvalue weighted by atomic mass is 10.2. The van der Waals surface area contributed by atoms with Gasteiger partial charge in [-0.3, -0.25) is 4.40 Å². The number of carbonyl (C=O) groups is 1. The number of imidazole rings is 1. The molecule has 0 aliphatic carbocycles. The maximum absolute atomic E-state index is 11.8. The second kappa shape index (κ2) is 5.73. The molecule has 2 aromatic heterocycles. The zero-order chi connectivity index (χ0) is 14.8. The number of carbonyl (C=O) groups excluding carboxylic acids is 1. The molecule has 3 heterocycles. The summed E-state index contributed by atoms with van der Waals surface area (Å²) in [5, 5.41) is 0. The molecule has 0 radical (unpaired) electrons. The van der Waals surface area contributed by atoms with E-state index < -0.39 is 0 Å². The van der Waals surface area contributed by atoms with Crippen molar-refractivity contribution in [2.45, 2.75) is 20.0 Å². The monoisotopic (exact) mass is 289 g/mol. The summed E-state index contributed by atoms with van der Waals surface area (Å²) in [6.45, 7) is 6.68. The first-order valence-corrected chi connectivity index (χ1v) is 7.20. The fourth-order valence-electron chi connectivity index (χ4n) is 2.58. The number of hydrogen-bond donors (Lipinski definition) is 0. The molecule has 0 unspecified atom stereocenters. The van der Waals surface area contributed by atoms with E-state index in [1.54, 1.807) is 17.5 Å². The van der Waals surface area contributed by atoms with Gasteiger partial charge in [0, 0.05) is 31.0 Å². The van der Waals surface area contributed by atoms with Gasteiger partial charge in [-0.15, -0.1) is 0 Å². The van der Waals surface area contributed by atoms with Crippen LogP contribution in [0, 0.1) is 0 Å². The minimum absolute atomic E-state index is 0.227. The summed E-state index contributed by atoms with van der Waals surface area (Å²) in [6.07, 6.45) is 3.65. The number of pyridine rings is 1. The van der Waals surface area contributed by atoms with Crippen LogP contribution in [0.5, 0.6) is 0 Å². The third kappa shape index (κ3) is 2.71. The Kier molecular flexibility index (Phi) is 3.79. The molecule has 0 bridgehead atoms. The Morgan fingerprint density at radius 2 is 2.43 bits per heavy atom. The topological polar surface area (TPSA) is 56.1 Å². The largest absolute Gasteiger partial charge is 0.461 e. The van der Waals surface area contributed by atoms with Crippen LogP contribution < -0.4 is 4.90 Å². The van der Waals surface area contributed by atoms with Crippen molar-refractivity contribution in [2.24, 2.45) is 0 Å². The van der Waals surface area contributed by atoms with Crippen LogP contribution in [0.25, 0.3) is 5.65 Å².